The fraction of sp³-hybridized carbons (Fsp3) is 0.889. The Morgan fingerprint density at radius 1 is 1.62 bits per heavy atom. The van der Waals surface area contributed by atoms with E-state index in [2.05, 4.69) is 18.7 Å². The summed E-state index contributed by atoms with van der Waals surface area (Å²) in [6.45, 7) is 7.05. The minimum atomic E-state index is -0.638. The summed E-state index contributed by atoms with van der Waals surface area (Å²) in [5.41, 5.74) is 0. The maximum Gasteiger partial charge on any atom is 0.307 e. The van der Waals surface area contributed by atoms with Gasteiger partial charge in [0.2, 0.25) is 0 Å². The third kappa shape index (κ3) is 3.96. The first kappa shape index (κ1) is 12.7. The third-order valence-electron chi connectivity index (χ3n) is 2.24. The molecule has 78 valence electrons. The molecule has 1 rings (SSSR count). The van der Waals surface area contributed by atoms with Gasteiger partial charge in [0.25, 0.3) is 0 Å². The van der Waals surface area contributed by atoms with Gasteiger partial charge in [0.15, 0.2) is 0 Å². The zero-order chi connectivity index (χ0) is 9.14. The molecule has 0 aromatic rings. The number of carbonyl (C=O) groups is 1. The van der Waals surface area contributed by atoms with Crippen molar-refractivity contribution in [2.24, 2.45) is 11.8 Å². The molecule has 13 heavy (non-hydrogen) atoms. The second-order valence-electron chi connectivity index (χ2n) is 3.98. The van der Waals surface area contributed by atoms with Crippen molar-refractivity contribution in [1.29, 1.82) is 0 Å². The highest BCUT2D eigenvalue weighted by atomic mass is 35.5. The van der Waals surface area contributed by atoms with Crippen molar-refractivity contribution < 1.29 is 9.90 Å². The molecule has 4 heteroatoms. The lowest BCUT2D eigenvalue weighted by molar-refractivity contribution is -0.141. The average molecular weight is 208 g/mol. The maximum absolute atomic E-state index is 10.6. The van der Waals surface area contributed by atoms with Crippen molar-refractivity contribution >= 4 is 18.4 Å². The van der Waals surface area contributed by atoms with E-state index >= 15 is 0 Å². The molecule has 0 aliphatic carbocycles. The predicted octanol–water partition coefficient (Wildman–Crippen LogP) is 1.47. The highest BCUT2D eigenvalue weighted by molar-refractivity contribution is 5.85. The molecule has 0 saturated carbocycles. The standard InChI is InChI=1S/C9H17NO2.ClH/c1-7(2)5-10-4-3-8(6-10)9(11)12;/h7-8H,3-6H2,1-2H3,(H,11,12);1H/t8-;/m0./s1. The smallest absolute Gasteiger partial charge is 0.307 e. The number of rotatable bonds is 3. The number of halogens is 1. The second kappa shape index (κ2) is 5.45. The van der Waals surface area contributed by atoms with E-state index in [-0.39, 0.29) is 18.3 Å². The molecule has 1 aliphatic heterocycles. The van der Waals surface area contributed by atoms with Gasteiger partial charge in [0.1, 0.15) is 0 Å². The van der Waals surface area contributed by atoms with Gasteiger partial charge in [-0.25, -0.2) is 0 Å². The molecule has 0 amide bonds. The lowest BCUT2D eigenvalue weighted by Crippen LogP contribution is -2.26. The summed E-state index contributed by atoms with van der Waals surface area (Å²) in [5.74, 6) is -0.123. The molecule has 1 saturated heterocycles. The summed E-state index contributed by atoms with van der Waals surface area (Å²) < 4.78 is 0. The number of hydrogen-bond acceptors (Lipinski definition) is 2. The van der Waals surface area contributed by atoms with Crippen molar-refractivity contribution in [2.75, 3.05) is 19.6 Å². The summed E-state index contributed by atoms with van der Waals surface area (Å²) in [5, 5.41) is 8.74. The molecule has 1 atom stereocenters. The number of carboxylic acids is 1. The summed E-state index contributed by atoms with van der Waals surface area (Å²) in [6, 6.07) is 0. The van der Waals surface area contributed by atoms with Crippen LogP contribution in [0.3, 0.4) is 0 Å². The fourth-order valence-corrected chi connectivity index (χ4v) is 1.72. The molecule has 0 aromatic carbocycles. The van der Waals surface area contributed by atoms with Gasteiger partial charge in [-0.15, -0.1) is 12.4 Å². The first-order valence-corrected chi connectivity index (χ1v) is 4.54. The minimum Gasteiger partial charge on any atom is -0.481 e. The molecule has 3 nitrogen and oxygen atoms in total. The molecule has 0 unspecified atom stereocenters. The van der Waals surface area contributed by atoms with Crippen molar-refractivity contribution in [3.63, 3.8) is 0 Å². The number of nitrogens with zero attached hydrogens (tertiary/aromatic N) is 1. The van der Waals surface area contributed by atoms with E-state index in [0.717, 1.165) is 26.1 Å². The van der Waals surface area contributed by atoms with E-state index in [9.17, 15) is 4.79 Å². The fourth-order valence-electron chi connectivity index (χ4n) is 1.72. The van der Waals surface area contributed by atoms with Crippen LogP contribution in [0.25, 0.3) is 0 Å². The monoisotopic (exact) mass is 207 g/mol. The molecule has 0 radical (unpaired) electrons. The molecule has 1 aliphatic rings. The van der Waals surface area contributed by atoms with Crippen molar-refractivity contribution in [1.82, 2.24) is 4.90 Å². The van der Waals surface area contributed by atoms with Gasteiger partial charge < -0.3 is 10.0 Å². The molecular formula is C9H18ClNO2. The van der Waals surface area contributed by atoms with Crippen molar-refractivity contribution in [3.05, 3.63) is 0 Å². The molecule has 0 spiro atoms. The highest BCUT2D eigenvalue weighted by Crippen LogP contribution is 2.17. The van der Waals surface area contributed by atoms with Gasteiger partial charge in [0, 0.05) is 13.1 Å². The Kier molecular flexibility index (Phi) is 5.33. The van der Waals surface area contributed by atoms with Crippen LogP contribution in [-0.2, 0) is 4.79 Å². The lowest BCUT2D eigenvalue weighted by atomic mass is 10.1. The normalized spacial score (nSPS) is 23.2. The number of likely N-dealkylation sites (tertiary alicyclic amines) is 1. The van der Waals surface area contributed by atoms with E-state index in [0.29, 0.717) is 5.92 Å². The Hall–Kier alpha value is -0.280. The predicted molar refractivity (Wildman–Crippen MR) is 54.3 cm³/mol. The van der Waals surface area contributed by atoms with Gasteiger partial charge in [-0.1, -0.05) is 13.8 Å². The first-order valence-electron chi connectivity index (χ1n) is 4.54. The largest absolute Gasteiger partial charge is 0.481 e. The Morgan fingerprint density at radius 3 is 2.62 bits per heavy atom. The van der Waals surface area contributed by atoms with Crippen LogP contribution in [0, 0.1) is 11.8 Å². The van der Waals surface area contributed by atoms with E-state index in [1.54, 1.807) is 0 Å². The van der Waals surface area contributed by atoms with Crippen LogP contribution in [0.4, 0.5) is 0 Å². The molecule has 0 bridgehead atoms. The summed E-state index contributed by atoms with van der Waals surface area (Å²) in [4.78, 5) is 12.8. The van der Waals surface area contributed by atoms with Crippen molar-refractivity contribution in [3.8, 4) is 0 Å². The third-order valence-corrected chi connectivity index (χ3v) is 2.24. The lowest BCUT2D eigenvalue weighted by Gasteiger charge is -2.17. The second-order valence-corrected chi connectivity index (χ2v) is 3.98. The van der Waals surface area contributed by atoms with Crippen LogP contribution in [0.15, 0.2) is 0 Å². The summed E-state index contributed by atoms with van der Waals surface area (Å²) in [7, 11) is 0. The zero-order valence-corrected chi connectivity index (χ0v) is 9.01. The van der Waals surface area contributed by atoms with Crippen LogP contribution in [-0.4, -0.2) is 35.6 Å². The van der Waals surface area contributed by atoms with Crippen molar-refractivity contribution in [2.45, 2.75) is 20.3 Å². The summed E-state index contributed by atoms with van der Waals surface area (Å²) >= 11 is 0. The Balaban J connectivity index is 0.00000144. The average Bonchev–Trinajstić information content (AvgIpc) is 2.34. The van der Waals surface area contributed by atoms with E-state index in [1.165, 1.54) is 0 Å². The van der Waals surface area contributed by atoms with Gasteiger partial charge in [0.05, 0.1) is 5.92 Å². The molecule has 1 heterocycles. The number of carboxylic acid groups (broad SMARTS) is 1. The molecule has 0 aromatic heterocycles. The van der Waals surface area contributed by atoms with E-state index in [4.69, 9.17) is 5.11 Å². The van der Waals surface area contributed by atoms with Gasteiger partial charge >= 0.3 is 5.97 Å². The number of hydrogen-bond donors (Lipinski definition) is 1. The number of aliphatic carboxylic acids is 1. The molecular weight excluding hydrogens is 190 g/mol. The quantitative estimate of drug-likeness (QED) is 0.762. The molecule has 1 N–H and O–H groups in total. The molecule has 1 fully saturated rings. The topological polar surface area (TPSA) is 40.5 Å². The summed E-state index contributed by atoms with van der Waals surface area (Å²) in [6.07, 6.45) is 0.821. The van der Waals surface area contributed by atoms with Gasteiger partial charge in [-0.2, -0.15) is 0 Å². The Bertz CT molecular complexity index is 173. The first-order chi connectivity index (χ1) is 5.59. The van der Waals surface area contributed by atoms with Crippen LogP contribution in [0.1, 0.15) is 20.3 Å². The van der Waals surface area contributed by atoms with E-state index in [1.807, 2.05) is 0 Å². The SMILES string of the molecule is CC(C)CN1CC[C@H](C(=O)O)C1.Cl. The minimum absolute atomic E-state index is 0. The van der Waals surface area contributed by atoms with E-state index < -0.39 is 5.97 Å². The van der Waals surface area contributed by atoms with Crippen LogP contribution in [0.5, 0.6) is 0 Å². The van der Waals surface area contributed by atoms with Crippen LogP contribution < -0.4 is 0 Å². The maximum atomic E-state index is 10.6. The highest BCUT2D eigenvalue weighted by Gasteiger charge is 2.27. The zero-order valence-electron chi connectivity index (χ0n) is 8.19. The van der Waals surface area contributed by atoms with Gasteiger partial charge in [-0.3, -0.25) is 4.79 Å². The Morgan fingerprint density at radius 2 is 2.23 bits per heavy atom. The van der Waals surface area contributed by atoms with Crippen LogP contribution in [0.2, 0.25) is 0 Å². The van der Waals surface area contributed by atoms with Gasteiger partial charge in [-0.05, 0) is 18.9 Å². The Labute approximate surface area is 85.5 Å². The van der Waals surface area contributed by atoms with Crippen LogP contribution >= 0.6 is 12.4 Å².